The summed E-state index contributed by atoms with van der Waals surface area (Å²) in [6.45, 7) is 3.72. The lowest BCUT2D eigenvalue weighted by Crippen LogP contribution is -2.08. The maximum absolute atomic E-state index is 11.4. The van der Waals surface area contributed by atoms with Gasteiger partial charge in [0.25, 0.3) is 0 Å². The lowest BCUT2D eigenvalue weighted by atomic mass is 10.1. The van der Waals surface area contributed by atoms with Crippen LogP contribution in [0, 0.1) is 18.3 Å². The fourth-order valence-electron chi connectivity index (χ4n) is 1.04. The van der Waals surface area contributed by atoms with Crippen molar-refractivity contribution in [1.82, 2.24) is 4.98 Å². The van der Waals surface area contributed by atoms with E-state index in [0.29, 0.717) is 22.5 Å². The summed E-state index contributed by atoms with van der Waals surface area (Å²) in [5.41, 5.74) is 1.23. The molecule has 1 aromatic heterocycles. The Kier molecular flexibility index (Phi) is 3.81. The summed E-state index contributed by atoms with van der Waals surface area (Å²) in [6, 6.07) is 3.45. The molecule has 0 radical (unpaired) electrons. The van der Waals surface area contributed by atoms with Crippen LogP contribution in [0.2, 0.25) is 0 Å². The van der Waals surface area contributed by atoms with Gasteiger partial charge >= 0.3 is 5.97 Å². The molecule has 0 fully saturated rings. The highest BCUT2D eigenvalue weighted by Crippen LogP contribution is 2.18. The first-order valence-electron chi connectivity index (χ1n) is 4.34. The first-order chi connectivity index (χ1) is 7.10. The topological polar surface area (TPSA) is 63.0 Å². The van der Waals surface area contributed by atoms with Gasteiger partial charge in [-0.05, 0) is 35.8 Å². The first kappa shape index (κ1) is 11.7. The predicted molar refractivity (Wildman–Crippen MR) is 57.3 cm³/mol. The first-order valence-corrected chi connectivity index (χ1v) is 5.13. The lowest BCUT2D eigenvalue weighted by molar-refractivity contribution is 0.0524. The summed E-state index contributed by atoms with van der Waals surface area (Å²) in [5, 5.41) is 8.79. The number of aryl methyl sites for hydroxylation is 1. The number of carbonyl (C=O) groups is 1. The molecule has 0 bridgehead atoms. The maximum Gasteiger partial charge on any atom is 0.340 e. The Bertz CT molecular complexity index is 438. The van der Waals surface area contributed by atoms with Crippen molar-refractivity contribution in [1.29, 1.82) is 5.26 Å². The van der Waals surface area contributed by atoms with E-state index in [2.05, 4.69) is 20.9 Å². The highest BCUT2D eigenvalue weighted by molar-refractivity contribution is 9.10. The van der Waals surface area contributed by atoms with Crippen LogP contribution in [0.25, 0.3) is 0 Å². The minimum absolute atomic E-state index is 0.277. The number of nitriles is 1. The van der Waals surface area contributed by atoms with Crippen molar-refractivity contribution < 1.29 is 9.53 Å². The van der Waals surface area contributed by atoms with Crippen molar-refractivity contribution in [2.75, 3.05) is 6.61 Å². The van der Waals surface area contributed by atoms with Crippen LogP contribution in [-0.2, 0) is 4.74 Å². The maximum atomic E-state index is 11.4. The SMILES string of the molecule is CCOC(=O)c1cc(C#N)c(C)nc1Br. The Morgan fingerprint density at radius 3 is 2.93 bits per heavy atom. The van der Waals surface area contributed by atoms with E-state index in [1.165, 1.54) is 6.07 Å². The number of nitrogens with zero attached hydrogens (tertiary/aromatic N) is 2. The van der Waals surface area contributed by atoms with Gasteiger partial charge < -0.3 is 4.74 Å². The molecule has 1 heterocycles. The van der Waals surface area contributed by atoms with E-state index < -0.39 is 5.97 Å². The van der Waals surface area contributed by atoms with Crippen molar-refractivity contribution in [3.8, 4) is 6.07 Å². The van der Waals surface area contributed by atoms with Gasteiger partial charge in [-0.2, -0.15) is 5.26 Å². The molecular formula is C10H9BrN2O2. The van der Waals surface area contributed by atoms with Crippen molar-refractivity contribution in [3.05, 3.63) is 27.5 Å². The van der Waals surface area contributed by atoms with E-state index in [1.54, 1.807) is 13.8 Å². The number of hydrogen-bond acceptors (Lipinski definition) is 4. The molecule has 0 atom stereocenters. The van der Waals surface area contributed by atoms with E-state index in [0.717, 1.165) is 0 Å². The number of pyridine rings is 1. The van der Waals surface area contributed by atoms with Crippen LogP contribution in [-0.4, -0.2) is 17.6 Å². The summed E-state index contributed by atoms with van der Waals surface area (Å²) in [7, 11) is 0. The number of halogens is 1. The van der Waals surface area contributed by atoms with E-state index in [-0.39, 0.29) is 5.56 Å². The predicted octanol–water partition coefficient (Wildman–Crippen LogP) is 2.20. The van der Waals surface area contributed by atoms with Crippen LogP contribution >= 0.6 is 15.9 Å². The third-order valence-electron chi connectivity index (χ3n) is 1.78. The van der Waals surface area contributed by atoms with Gasteiger partial charge in [-0.1, -0.05) is 0 Å². The van der Waals surface area contributed by atoms with Crippen molar-refractivity contribution in [3.63, 3.8) is 0 Å². The number of rotatable bonds is 2. The second-order valence-corrected chi connectivity index (χ2v) is 3.54. The Hall–Kier alpha value is -1.41. The molecule has 5 heteroatoms. The van der Waals surface area contributed by atoms with Gasteiger partial charge in [0, 0.05) is 0 Å². The molecule has 4 nitrogen and oxygen atoms in total. The summed E-state index contributed by atoms with van der Waals surface area (Å²) in [4.78, 5) is 15.5. The molecule has 0 amide bonds. The van der Waals surface area contributed by atoms with Gasteiger partial charge in [-0.3, -0.25) is 0 Å². The van der Waals surface area contributed by atoms with Gasteiger partial charge in [0.2, 0.25) is 0 Å². The van der Waals surface area contributed by atoms with Crippen molar-refractivity contribution in [2.24, 2.45) is 0 Å². The smallest absolute Gasteiger partial charge is 0.340 e. The molecule has 0 aromatic carbocycles. The molecule has 0 aliphatic heterocycles. The summed E-state index contributed by atoms with van der Waals surface area (Å²) < 4.78 is 5.23. The summed E-state index contributed by atoms with van der Waals surface area (Å²) in [6.07, 6.45) is 0. The van der Waals surface area contributed by atoms with E-state index in [4.69, 9.17) is 10.00 Å². The minimum atomic E-state index is -0.478. The second kappa shape index (κ2) is 4.89. The highest BCUT2D eigenvalue weighted by Gasteiger charge is 2.14. The van der Waals surface area contributed by atoms with E-state index in [9.17, 15) is 4.79 Å². The molecule has 0 saturated heterocycles. The standard InChI is InChI=1S/C10H9BrN2O2/c1-3-15-10(14)8-4-7(5-12)6(2)13-9(8)11/h4H,3H2,1-2H3. The zero-order chi connectivity index (χ0) is 11.4. The fraction of sp³-hybridized carbons (Fsp3) is 0.300. The molecule has 0 unspecified atom stereocenters. The van der Waals surface area contributed by atoms with Crippen molar-refractivity contribution in [2.45, 2.75) is 13.8 Å². The third-order valence-corrected chi connectivity index (χ3v) is 2.39. The highest BCUT2D eigenvalue weighted by atomic mass is 79.9. The molecule has 0 spiro atoms. The van der Waals surface area contributed by atoms with Crippen LogP contribution in [0.5, 0.6) is 0 Å². The molecular weight excluding hydrogens is 260 g/mol. The number of hydrogen-bond donors (Lipinski definition) is 0. The van der Waals surface area contributed by atoms with Gasteiger partial charge in [0.15, 0.2) is 0 Å². The van der Waals surface area contributed by atoms with Gasteiger partial charge in [0.1, 0.15) is 10.7 Å². The molecule has 78 valence electrons. The van der Waals surface area contributed by atoms with Crippen LogP contribution in [0.1, 0.15) is 28.5 Å². The average Bonchev–Trinajstić information content (AvgIpc) is 2.18. The largest absolute Gasteiger partial charge is 0.462 e. The second-order valence-electron chi connectivity index (χ2n) is 2.79. The Labute approximate surface area is 96.0 Å². The van der Waals surface area contributed by atoms with Gasteiger partial charge in [-0.25, -0.2) is 9.78 Å². The van der Waals surface area contributed by atoms with Crippen LogP contribution in [0.15, 0.2) is 10.7 Å². The number of carbonyl (C=O) groups excluding carboxylic acids is 1. The molecule has 1 aromatic rings. The van der Waals surface area contributed by atoms with E-state index >= 15 is 0 Å². The molecule has 0 aliphatic rings. The van der Waals surface area contributed by atoms with E-state index in [1.807, 2.05) is 6.07 Å². The Morgan fingerprint density at radius 2 is 2.40 bits per heavy atom. The molecule has 0 aliphatic carbocycles. The molecule has 0 N–H and O–H groups in total. The van der Waals surface area contributed by atoms with Gasteiger partial charge in [-0.15, -0.1) is 0 Å². The fourth-order valence-corrected chi connectivity index (χ4v) is 1.58. The summed E-state index contributed by atoms with van der Waals surface area (Å²) in [5.74, 6) is -0.478. The normalized spacial score (nSPS) is 9.47. The number of esters is 1. The summed E-state index contributed by atoms with van der Waals surface area (Å²) >= 11 is 3.16. The zero-order valence-corrected chi connectivity index (χ0v) is 9.96. The van der Waals surface area contributed by atoms with Crippen LogP contribution < -0.4 is 0 Å². The monoisotopic (exact) mass is 268 g/mol. The molecule has 15 heavy (non-hydrogen) atoms. The number of aromatic nitrogens is 1. The quantitative estimate of drug-likeness (QED) is 0.610. The third kappa shape index (κ3) is 2.54. The number of ether oxygens (including phenoxy) is 1. The Morgan fingerprint density at radius 1 is 1.73 bits per heavy atom. The van der Waals surface area contributed by atoms with Gasteiger partial charge in [0.05, 0.1) is 23.4 Å². The average molecular weight is 269 g/mol. The van der Waals surface area contributed by atoms with Crippen LogP contribution in [0.4, 0.5) is 0 Å². The molecule has 1 rings (SSSR count). The van der Waals surface area contributed by atoms with Crippen molar-refractivity contribution >= 4 is 21.9 Å². The van der Waals surface area contributed by atoms with Crippen LogP contribution in [0.3, 0.4) is 0 Å². The minimum Gasteiger partial charge on any atom is -0.462 e. The Balaban J connectivity index is 3.20. The molecule has 0 saturated carbocycles. The zero-order valence-electron chi connectivity index (χ0n) is 8.37. The lowest BCUT2D eigenvalue weighted by Gasteiger charge is -2.05.